The molecular formula is C7H10O. The van der Waals surface area contributed by atoms with Gasteiger partial charge in [0.25, 0.3) is 0 Å². The fourth-order valence-corrected chi connectivity index (χ4v) is 2.08. The molecule has 44 valence electrons. The number of epoxide rings is 1. The Morgan fingerprint density at radius 3 is 2.12 bits per heavy atom. The molecule has 1 heteroatoms. The topological polar surface area (TPSA) is 12.5 Å². The second-order valence-electron chi connectivity index (χ2n) is 3.44. The Morgan fingerprint density at radius 1 is 0.875 bits per heavy atom. The summed E-state index contributed by atoms with van der Waals surface area (Å²) >= 11 is 0. The average Bonchev–Trinajstić information content (AvgIpc) is 2.45. The second kappa shape index (κ2) is 0.971. The van der Waals surface area contributed by atoms with Crippen LogP contribution in [0.4, 0.5) is 0 Å². The predicted octanol–water partition coefficient (Wildman–Crippen LogP) is 1.18. The van der Waals surface area contributed by atoms with Crippen LogP contribution >= 0.6 is 0 Å². The zero-order valence-electron chi connectivity index (χ0n) is 4.84. The van der Waals surface area contributed by atoms with E-state index in [4.69, 9.17) is 4.74 Å². The van der Waals surface area contributed by atoms with E-state index < -0.39 is 0 Å². The third-order valence-electron chi connectivity index (χ3n) is 2.83. The summed E-state index contributed by atoms with van der Waals surface area (Å²) in [4.78, 5) is 0. The Balaban J connectivity index is 1.85. The lowest BCUT2D eigenvalue weighted by atomic mass is 10.0. The molecule has 2 saturated carbocycles. The Labute approximate surface area is 49.0 Å². The minimum absolute atomic E-state index is 0.721. The molecule has 0 aromatic rings. The van der Waals surface area contributed by atoms with Crippen LogP contribution in [-0.2, 0) is 4.74 Å². The highest BCUT2D eigenvalue weighted by Gasteiger charge is 2.54. The van der Waals surface area contributed by atoms with Gasteiger partial charge in [0, 0.05) is 0 Å². The first-order chi connectivity index (χ1) is 3.93. The molecule has 0 aromatic carbocycles. The lowest BCUT2D eigenvalue weighted by Gasteiger charge is -1.99. The molecule has 0 aromatic heterocycles. The van der Waals surface area contributed by atoms with Gasteiger partial charge >= 0.3 is 0 Å². The van der Waals surface area contributed by atoms with E-state index in [1.54, 1.807) is 0 Å². The van der Waals surface area contributed by atoms with E-state index in [0.717, 1.165) is 24.0 Å². The summed E-state index contributed by atoms with van der Waals surface area (Å²) in [6, 6.07) is 0. The summed E-state index contributed by atoms with van der Waals surface area (Å²) in [5.41, 5.74) is 0. The quantitative estimate of drug-likeness (QED) is 0.427. The fraction of sp³-hybridized carbons (Fsp3) is 1.00. The summed E-state index contributed by atoms with van der Waals surface area (Å²) in [6.07, 6.45) is 5.76. The van der Waals surface area contributed by atoms with Crippen molar-refractivity contribution < 1.29 is 4.74 Å². The van der Waals surface area contributed by atoms with Gasteiger partial charge in [-0.1, -0.05) is 0 Å². The van der Waals surface area contributed by atoms with Crippen molar-refractivity contribution in [3.63, 3.8) is 0 Å². The van der Waals surface area contributed by atoms with Crippen molar-refractivity contribution in [2.75, 3.05) is 0 Å². The van der Waals surface area contributed by atoms with E-state index in [2.05, 4.69) is 0 Å². The molecule has 3 aliphatic rings. The third-order valence-corrected chi connectivity index (χ3v) is 2.83. The summed E-state index contributed by atoms with van der Waals surface area (Å²) in [6.45, 7) is 0. The molecule has 1 aliphatic heterocycles. The van der Waals surface area contributed by atoms with E-state index in [1.807, 2.05) is 0 Å². The van der Waals surface area contributed by atoms with Gasteiger partial charge in [-0.05, 0) is 31.1 Å². The highest BCUT2D eigenvalue weighted by molar-refractivity contribution is 5.03. The van der Waals surface area contributed by atoms with E-state index >= 15 is 0 Å². The van der Waals surface area contributed by atoms with Crippen molar-refractivity contribution in [3.8, 4) is 0 Å². The summed E-state index contributed by atoms with van der Waals surface area (Å²) in [5, 5.41) is 0. The predicted molar refractivity (Wildman–Crippen MR) is 29.5 cm³/mol. The summed E-state index contributed by atoms with van der Waals surface area (Å²) in [7, 11) is 0. The number of hydrogen-bond acceptors (Lipinski definition) is 1. The van der Waals surface area contributed by atoms with Gasteiger partial charge in [-0.3, -0.25) is 0 Å². The highest BCUT2D eigenvalue weighted by atomic mass is 16.6. The van der Waals surface area contributed by atoms with Crippen LogP contribution in [0.3, 0.4) is 0 Å². The molecule has 4 atom stereocenters. The molecule has 3 fully saturated rings. The molecule has 0 unspecified atom stereocenters. The van der Waals surface area contributed by atoms with Gasteiger partial charge in [0.1, 0.15) is 0 Å². The SMILES string of the molecule is C1[C@@H]2C[C@@H]3O[C@H]3C[C@H]12. The van der Waals surface area contributed by atoms with Crippen molar-refractivity contribution >= 4 is 0 Å². The first-order valence-corrected chi connectivity index (χ1v) is 3.59. The highest BCUT2D eigenvalue weighted by Crippen LogP contribution is 2.55. The summed E-state index contributed by atoms with van der Waals surface area (Å²) in [5.74, 6) is 2.19. The molecule has 3 rings (SSSR count). The monoisotopic (exact) mass is 110 g/mol. The second-order valence-corrected chi connectivity index (χ2v) is 3.44. The lowest BCUT2D eigenvalue weighted by molar-refractivity contribution is 0.363. The van der Waals surface area contributed by atoms with E-state index in [0.29, 0.717) is 0 Å². The van der Waals surface area contributed by atoms with Gasteiger partial charge in [0.2, 0.25) is 0 Å². The van der Waals surface area contributed by atoms with Gasteiger partial charge in [-0.25, -0.2) is 0 Å². The minimum Gasteiger partial charge on any atom is -0.370 e. The zero-order valence-corrected chi connectivity index (χ0v) is 4.84. The van der Waals surface area contributed by atoms with E-state index in [1.165, 1.54) is 19.3 Å². The molecule has 0 N–H and O–H groups in total. The maximum atomic E-state index is 5.38. The van der Waals surface area contributed by atoms with Gasteiger partial charge in [-0.15, -0.1) is 0 Å². The van der Waals surface area contributed by atoms with E-state index in [-0.39, 0.29) is 0 Å². The van der Waals surface area contributed by atoms with Gasteiger partial charge in [0.15, 0.2) is 0 Å². The first kappa shape index (κ1) is 3.89. The molecular weight excluding hydrogens is 100 g/mol. The van der Waals surface area contributed by atoms with Crippen LogP contribution in [0.15, 0.2) is 0 Å². The molecule has 0 bridgehead atoms. The maximum Gasteiger partial charge on any atom is 0.0844 e. The lowest BCUT2D eigenvalue weighted by Crippen LogP contribution is -2.03. The summed E-state index contributed by atoms with van der Waals surface area (Å²) < 4.78 is 5.38. The normalized spacial score (nSPS) is 66.0. The van der Waals surface area contributed by atoms with Crippen molar-refractivity contribution in [1.82, 2.24) is 0 Å². The number of rotatable bonds is 0. The minimum atomic E-state index is 0.721. The molecule has 1 saturated heterocycles. The van der Waals surface area contributed by atoms with Gasteiger partial charge < -0.3 is 4.74 Å². The van der Waals surface area contributed by atoms with Crippen LogP contribution in [0.25, 0.3) is 0 Å². The van der Waals surface area contributed by atoms with Crippen molar-refractivity contribution in [1.29, 1.82) is 0 Å². The van der Waals surface area contributed by atoms with Gasteiger partial charge in [-0.2, -0.15) is 0 Å². The van der Waals surface area contributed by atoms with Crippen LogP contribution in [-0.4, -0.2) is 12.2 Å². The Hall–Kier alpha value is -0.0400. The number of fused-ring (bicyclic) bond motifs is 2. The van der Waals surface area contributed by atoms with Crippen LogP contribution in [0.2, 0.25) is 0 Å². The molecule has 0 radical (unpaired) electrons. The van der Waals surface area contributed by atoms with Crippen LogP contribution < -0.4 is 0 Å². The van der Waals surface area contributed by atoms with Crippen LogP contribution in [0.5, 0.6) is 0 Å². The first-order valence-electron chi connectivity index (χ1n) is 3.59. The fourth-order valence-electron chi connectivity index (χ4n) is 2.08. The smallest absolute Gasteiger partial charge is 0.0844 e. The standard InChI is InChI=1S/C7H10O/c1-4-2-6-7(8-6)3-5(1)4/h4-7H,1-3H2/t4-,5+,6-,7-/m0/s1. The van der Waals surface area contributed by atoms with Crippen LogP contribution in [0, 0.1) is 11.8 Å². The van der Waals surface area contributed by atoms with Crippen molar-refractivity contribution in [3.05, 3.63) is 0 Å². The zero-order chi connectivity index (χ0) is 5.14. The van der Waals surface area contributed by atoms with Crippen molar-refractivity contribution in [2.45, 2.75) is 31.5 Å². The maximum absolute atomic E-state index is 5.38. The third kappa shape index (κ3) is 0.368. The molecule has 0 spiro atoms. The van der Waals surface area contributed by atoms with Gasteiger partial charge in [0.05, 0.1) is 12.2 Å². The van der Waals surface area contributed by atoms with Crippen molar-refractivity contribution in [2.24, 2.45) is 11.8 Å². The molecule has 1 heterocycles. The van der Waals surface area contributed by atoms with Crippen LogP contribution in [0.1, 0.15) is 19.3 Å². The molecule has 0 amide bonds. The number of hydrogen-bond donors (Lipinski definition) is 0. The molecule has 1 nitrogen and oxygen atoms in total. The largest absolute Gasteiger partial charge is 0.370 e. The van der Waals surface area contributed by atoms with E-state index in [9.17, 15) is 0 Å². The molecule has 8 heavy (non-hydrogen) atoms. The Morgan fingerprint density at radius 2 is 1.50 bits per heavy atom. The number of ether oxygens (including phenoxy) is 1. The Kier molecular flexibility index (Phi) is 0.472. The Bertz CT molecular complexity index is 104. The molecule has 2 aliphatic carbocycles. The average molecular weight is 110 g/mol.